The summed E-state index contributed by atoms with van der Waals surface area (Å²) < 4.78 is 5.84. The van der Waals surface area contributed by atoms with Crippen LogP contribution in [-0.2, 0) is 14.4 Å². The maximum atomic E-state index is 12.1. The van der Waals surface area contributed by atoms with E-state index in [1.807, 2.05) is 24.0 Å². The minimum absolute atomic E-state index is 0.330. The fourth-order valence-electron chi connectivity index (χ4n) is 4.14. The Kier molecular flexibility index (Phi) is 8.94. The van der Waals surface area contributed by atoms with Crippen molar-refractivity contribution in [1.29, 1.82) is 0 Å². The number of carbonyl (C=O) groups is 2. The van der Waals surface area contributed by atoms with E-state index in [0.717, 1.165) is 21.4 Å². The molecule has 1 aliphatic rings. The number of anilines is 2. The van der Waals surface area contributed by atoms with Crippen molar-refractivity contribution in [3.63, 3.8) is 0 Å². The molecule has 3 heterocycles. The number of hydrogen-bond acceptors (Lipinski definition) is 10. The first-order chi connectivity index (χ1) is 18.7. The third-order valence-corrected chi connectivity index (χ3v) is 7.62. The molecule has 0 aliphatic carbocycles. The van der Waals surface area contributed by atoms with Gasteiger partial charge in [0.05, 0.1) is 34.5 Å². The van der Waals surface area contributed by atoms with Gasteiger partial charge in [-0.25, -0.2) is 19.7 Å². The van der Waals surface area contributed by atoms with E-state index in [1.165, 1.54) is 11.3 Å². The second kappa shape index (κ2) is 12.4. The lowest BCUT2D eigenvalue weighted by Gasteiger charge is -2.36. The first-order valence-corrected chi connectivity index (χ1v) is 13.4. The molecule has 0 unspecified atom stereocenters. The summed E-state index contributed by atoms with van der Waals surface area (Å²) in [5.41, 5.74) is 5.69. The van der Waals surface area contributed by atoms with E-state index >= 15 is 0 Å². The normalized spacial score (nSPS) is 14.7. The van der Waals surface area contributed by atoms with Gasteiger partial charge in [0.25, 0.3) is 0 Å². The number of piperidine rings is 1. The van der Waals surface area contributed by atoms with Crippen molar-refractivity contribution in [1.82, 2.24) is 25.7 Å². The number of nitrogens with zero attached hydrogens (tertiary/aromatic N) is 4. The Bertz CT molecular complexity index is 1340. The minimum Gasteiger partial charge on any atom is -0.481 e. The number of amides is 2. The summed E-state index contributed by atoms with van der Waals surface area (Å²) in [5.74, 6) is -0.205. The van der Waals surface area contributed by atoms with Crippen molar-refractivity contribution in [2.45, 2.75) is 26.7 Å². The lowest BCUT2D eigenvalue weighted by atomic mass is 9.80. The van der Waals surface area contributed by atoms with Crippen LogP contribution in [0.25, 0.3) is 27.0 Å². The molecule has 1 aliphatic heterocycles. The van der Waals surface area contributed by atoms with Gasteiger partial charge in [0.1, 0.15) is 0 Å². The molecule has 2 amide bonds. The number of nitrogens with one attached hydrogen (secondary N) is 3. The molecule has 4 N–H and O–H groups in total. The number of benzene rings is 1. The quantitative estimate of drug-likeness (QED) is 0.204. The molecule has 0 atom stereocenters. The van der Waals surface area contributed by atoms with Crippen molar-refractivity contribution < 1.29 is 24.3 Å². The molecule has 39 heavy (non-hydrogen) atoms. The van der Waals surface area contributed by atoms with Crippen LogP contribution in [0.3, 0.4) is 0 Å². The van der Waals surface area contributed by atoms with Crippen LogP contribution in [-0.4, -0.2) is 72.0 Å². The van der Waals surface area contributed by atoms with Gasteiger partial charge >= 0.3 is 12.0 Å². The molecule has 1 aromatic carbocycles. The Morgan fingerprint density at radius 3 is 2.54 bits per heavy atom. The van der Waals surface area contributed by atoms with E-state index in [0.29, 0.717) is 68.0 Å². The minimum atomic E-state index is -0.767. The molecule has 3 aromatic rings. The summed E-state index contributed by atoms with van der Waals surface area (Å²) in [6.45, 7) is 10.2. The number of ether oxygens (including phenoxy) is 1. The number of thiazole rings is 1. The lowest BCUT2D eigenvalue weighted by Crippen LogP contribution is -2.43. The number of urea groups is 1. The maximum absolute atomic E-state index is 12.1. The van der Waals surface area contributed by atoms with Gasteiger partial charge in [0.15, 0.2) is 5.13 Å². The molecule has 0 saturated carbocycles. The lowest BCUT2D eigenvalue weighted by molar-refractivity contribution is -0.149. The smallest absolute Gasteiger partial charge is 0.321 e. The number of fused-ring (bicyclic) bond motifs is 1. The SMILES string of the molecule is C=C(NOCCOC)c1cc(-c2cnc(N3CCC(C)(C(=O)O)CC3)nc2)cc2nc(NC(=O)NCC)sc12. The molecule has 208 valence electrons. The second-order valence-corrected chi connectivity index (χ2v) is 10.4. The van der Waals surface area contributed by atoms with E-state index < -0.39 is 11.4 Å². The Labute approximate surface area is 230 Å². The van der Waals surface area contributed by atoms with Crippen molar-refractivity contribution >= 4 is 50.3 Å². The van der Waals surface area contributed by atoms with Crippen molar-refractivity contribution in [3.05, 3.63) is 36.7 Å². The number of rotatable bonds is 11. The zero-order valence-electron chi connectivity index (χ0n) is 22.2. The Balaban J connectivity index is 1.60. The number of carbonyl (C=O) groups excluding carboxylic acids is 1. The van der Waals surface area contributed by atoms with Crippen LogP contribution in [0, 0.1) is 5.41 Å². The largest absolute Gasteiger partial charge is 0.481 e. The molecule has 12 nitrogen and oxygen atoms in total. The number of hydrogen-bond donors (Lipinski definition) is 4. The second-order valence-electron chi connectivity index (χ2n) is 9.42. The number of hydroxylamine groups is 1. The molecule has 0 radical (unpaired) electrons. The predicted molar refractivity (Wildman–Crippen MR) is 151 cm³/mol. The van der Waals surface area contributed by atoms with Crippen LogP contribution in [0.4, 0.5) is 15.9 Å². The number of carboxylic acids is 1. The first-order valence-electron chi connectivity index (χ1n) is 12.6. The average molecular weight is 556 g/mol. The molecule has 0 bridgehead atoms. The van der Waals surface area contributed by atoms with E-state index in [9.17, 15) is 14.7 Å². The highest BCUT2D eigenvalue weighted by atomic mass is 32.1. The third kappa shape index (κ3) is 6.61. The van der Waals surface area contributed by atoms with Crippen LogP contribution in [0.1, 0.15) is 32.3 Å². The average Bonchev–Trinajstić information content (AvgIpc) is 3.33. The fourth-order valence-corrected chi connectivity index (χ4v) is 5.13. The molecule has 13 heteroatoms. The summed E-state index contributed by atoms with van der Waals surface area (Å²) in [4.78, 5) is 44.8. The number of carboxylic acid groups (broad SMARTS) is 1. The van der Waals surface area contributed by atoms with Crippen LogP contribution in [0.15, 0.2) is 31.1 Å². The van der Waals surface area contributed by atoms with Crippen molar-refractivity contribution in [2.24, 2.45) is 5.41 Å². The van der Waals surface area contributed by atoms with E-state index in [2.05, 4.69) is 37.6 Å². The zero-order chi connectivity index (χ0) is 28.0. The number of aromatic nitrogens is 3. The molecular weight excluding hydrogens is 522 g/mol. The van der Waals surface area contributed by atoms with Gasteiger partial charge in [-0.05, 0) is 44.4 Å². The monoisotopic (exact) mass is 555 g/mol. The Hall–Kier alpha value is -3.81. The zero-order valence-corrected chi connectivity index (χ0v) is 23.1. The van der Waals surface area contributed by atoms with Crippen LogP contribution in [0.5, 0.6) is 0 Å². The summed E-state index contributed by atoms with van der Waals surface area (Å²) in [6, 6.07) is 3.53. The van der Waals surface area contributed by atoms with E-state index in [-0.39, 0.29) is 6.03 Å². The van der Waals surface area contributed by atoms with Gasteiger partial charge in [-0.15, -0.1) is 0 Å². The van der Waals surface area contributed by atoms with Crippen LogP contribution in [0.2, 0.25) is 0 Å². The standard InChI is InChI=1S/C26H33N7O5S/c1-5-27-24(36)31-25-30-20-13-17(12-19(21(20)39-25)16(2)32-38-11-10-37-4)18-14-28-23(29-15-18)33-8-6-26(3,7-9-33)22(34)35/h12-15,32H,2,5-11H2,1,3-4H3,(H,34,35)(H2,27,30,31,36). The first kappa shape index (κ1) is 28.2. The highest BCUT2D eigenvalue weighted by Crippen LogP contribution is 2.36. The van der Waals surface area contributed by atoms with Crippen LogP contribution >= 0.6 is 11.3 Å². The maximum Gasteiger partial charge on any atom is 0.321 e. The van der Waals surface area contributed by atoms with Gasteiger partial charge in [-0.1, -0.05) is 17.9 Å². The predicted octanol–water partition coefficient (Wildman–Crippen LogP) is 3.72. The van der Waals surface area contributed by atoms with Crippen molar-refractivity contribution in [3.8, 4) is 11.1 Å². The highest BCUT2D eigenvalue weighted by molar-refractivity contribution is 7.22. The molecular formula is C26H33N7O5S. The Morgan fingerprint density at radius 1 is 1.18 bits per heavy atom. The van der Waals surface area contributed by atoms with Gasteiger partial charge in [0, 0.05) is 50.3 Å². The summed E-state index contributed by atoms with van der Waals surface area (Å²) in [5, 5.41) is 15.4. The van der Waals surface area contributed by atoms with Gasteiger partial charge in [0.2, 0.25) is 5.95 Å². The van der Waals surface area contributed by atoms with E-state index in [4.69, 9.17) is 9.57 Å². The molecule has 2 aromatic heterocycles. The van der Waals surface area contributed by atoms with Gasteiger partial charge in [-0.3, -0.25) is 20.4 Å². The highest BCUT2D eigenvalue weighted by Gasteiger charge is 2.37. The molecule has 1 fully saturated rings. The van der Waals surface area contributed by atoms with Crippen molar-refractivity contribution in [2.75, 3.05) is 50.2 Å². The number of aliphatic carboxylic acids is 1. The summed E-state index contributed by atoms with van der Waals surface area (Å²) in [6.07, 6.45) is 4.55. The van der Waals surface area contributed by atoms with Gasteiger partial charge in [-0.2, -0.15) is 0 Å². The fraction of sp³-hybridized carbons (Fsp3) is 0.423. The summed E-state index contributed by atoms with van der Waals surface area (Å²) in [7, 11) is 1.59. The molecule has 1 saturated heterocycles. The Morgan fingerprint density at radius 2 is 1.90 bits per heavy atom. The molecule has 0 spiro atoms. The van der Waals surface area contributed by atoms with E-state index in [1.54, 1.807) is 26.4 Å². The molecule has 4 rings (SSSR count). The van der Waals surface area contributed by atoms with Crippen LogP contribution < -0.4 is 21.0 Å². The number of methoxy groups -OCH3 is 1. The van der Waals surface area contributed by atoms with Gasteiger partial charge < -0.3 is 20.1 Å². The third-order valence-electron chi connectivity index (χ3n) is 6.60. The summed E-state index contributed by atoms with van der Waals surface area (Å²) >= 11 is 1.33. The topological polar surface area (TPSA) is 151 Å².